The lowest BCUT2D eigenvalue weighted by atomic mass is 9.96. The Labute approximate surface area is 146 Å². The third kappa shape index (κ3) is 4.91. The molecule has 0 unspecified atom stereocenters. The minimum absolute atomic E-state index is 0.00757. The van der Waals surface area contributed by atoms with Crippen LogP contribution in [0.3, 0.4) is 0 Å². The summed E-state index contributed by atoms with van der Waals surface area (Å²) in [4.78, 5) is 38.1. The summed E-state index contributed by atoms with van der Waals surface area (Å²) >= 11 is 0. The highest BCUT2D eigenvalue weighted by Crippen LogP contribution is 2.20. The highest BCUT2D eigenvalue weighted by Gasteiger charge is 2.25. The molecule has 2 rings (SSSR count). The smallest absolute Gasteiger partial charge is 0.269 e. The second-order valence-electron chi connectivity index (χ2n) is 7.07. The number of nitro groups is 1. The van der Waals surface area contributed by atoms with E-state index in [0.717, 1.165) is 5.69 Å². The van der Waals surface area contributed by atoms with Gasteiger partial charge in [0.25, 0.3) is 5.69 Å². The van der Waals surface area contributed by atoms with Crippen LogP contribution in [0, 0.1) is 15.5 Å². The lowest BCUT2D eigenvalue weighted by Gasteiger charge is -2.36. The summed E-state index contributed by atoms with van der Waals surface area (Å²) in [6.45, 7) is 7.82. The molecule has 0 radical (unpaired) electrons. The third-order valence-electron chi connectivity index (χ3n) is 4.14. The number of amides is 2. The van der Waals surface area contributed by atoms with E-state index < -0.39 is 10.3 Å². The van der Waals surface area contributed by atoms with Crippen molar-refractivity contribution in [3.8, 4) is 0 Å². The van der Waals surface area contributed by atoms with E-state index in [4.69, 9.17) is 0 Å². The van der Waals surface area contributed by atoms with Gasteiger partial charge in [-0.05, 0) is 12.1 Å². The Morgan fingerprint density at radius 1 is 1.12 bits per heavy atom. The van der Waals surface area contributed by atoms with Crippen LogP contribution in [0.2, 0.25) is 0 Å². The molecule has 8 nitrogen and oxygen atoms in total. The summed E-state index contributed by atoms with van der Waals surface area (Å²) in [5.41, 5.74) is 0.445. The van der Waals surface area contributed by atoms with E-state index in [1.165, 1.54) is 12.1 Å². The number of rotatable bonds is 4. The second kappa shape index (κ2) is 7.50. The molecule has 1 aliphatic rings. The predicted molar refractivity (Wildman–Crippen MR) is 94.4 cm³/mol. The van der Waals surface area contributed by atoms with Crippen LogP contribution in [0.5, 0.6) is 0 Å². The van der Waals surface area contributed by atoms with Gasteiger partial charge in [0.2, 0.25) is 11.8 Å². The lowest BCUT2D eigenvalue weighted by molar-refractivity contribution is -0.384. The summed E-state index contributed by atoms with van der Waals surface area (Å²) in [6.07, 6.45) is 0. The van der Waals surface area contributed by atoms with Crippen molar-refractivity contribution in [2.45, 2.75) is 20.8 Å². The molecule has 1 N–H and O–H groups in total. The van der Waals surface area contributed by atoms with Crippen molar-refractivity contribution in [3.63, 3.8) is 0 Å². The van der Waals surface area contributed by atoms with Crippen LogP contribution in [0.1, 0.15) is 20.8 Å². The van der Waals surface area contributed by atoms with Crippen LogP contribution in [-0.4, -0.2) is 54.4 Å². The fourth-order valence-corrected chi connectivity index (χ4v) is 2.53. The number of nitrogens with one attached hydrogen (secondary N) is 1. The average molecular weight is 348 g/mol. The SMILES string of the molecule is CC(C)(C)C(=O)NCC(=O)N1CCN(c2ccc([N+](=O)[O-])cc2)CC1. The molecule has 136 valence electrons. The minimum atomic E-state index is -0.519. The Balaban J connectivity index is 1.83. The topological polar surface area (TPSA) is 95.8 Å². The average Bonchev–Trinajstić information content (AvgIpc) is 2.58. The first-order chi connectivity index (χ1) is 11.7. The number of benzene rings is 1. The highest BCUT2D eigenvalue weighted by atomic mass is 16.6. The third-order valence-corrected chi connectivity index (χ3v) is 4.14. The Bertz CT molecular complexity index is 644. The van der Waals surface area contributed by atoms with Crippen molar-refractivity contribution < 1.29 is 14.5 Å². The van der Waals surface area contributed by atoms with Gasteiger partial charge >= 0.3 is 0 Å². The van der Waals surface area contributed by atoms with Gasteiger partial charge in [0.1, 0.15) is 0 Å². The number of carbonyl (C=O) groups is 2. The molecule has 0 atom stereocenters. The number of anilines is 1. The molecule has 1 aromatic rings. The summed E-state index contributed by atoms with van der Waals surface area (Å²) in [7, 11) is 0. The van der Waals surface area contributed by atoms with Crippen LogP contribution in [-0.2, 0) is 9.59 Å². The van der Waals surface area contributed by atoms with E-state index in [1.807, 2.05) is 0 Å². The van der Waals surface area contributed by atoms with E-state index in [1.54, 1.807) is 37.8 Å². The molecule has 0 bridgehead atoms. The van der Waals surface area contributed by atoms with Crippen molar-refractivity contribution in [2.24, 2.45) is 5.41 Å². The first-order valence-electron chi connectivity index (χ1n) is 8.24. The molecule has 1 aromatic carbocycles. The molecule has 0 aromatic heterocycles. The monoisotopic (exact) mass is 348 g/mol. The van der Waals surface area contributed by atoms with Crippen molar-refractivity contribution in [1.82, 2.24) is 10.2 Å². The number of hydrogen-bond acceptors (Lipinski definition) is 5. The lowest BCUT2D eigenvalue weighted by Crippen LogP contribution is -2.52. The fourth-order valence-electron chi connectivity index (χ4n) is 2.53. The van der Waals surface area contributed by atoms with E-state index in [9.17, 15) is 19.7 Å². The fraction of sp³-hybridized carbons (Fsp3) is 0.529. The number of nitro benzene ring substituents is 1. The Kier molecular flexibility index (Phi) is 5.61. The van der Waals surface area contributed by atoms with Crippen molar-refractivity contribution in [2.75, 3.05) is 37.6 Å². The van der Waals surface area contributed by atoms with Crippen LogP contribution in [0.4, 0.5) is 11.4 Å². The Morgan fingerprint density at radius 3 is 2.16 bits per heavy atom. The van der Waals surface area contributed by atoms with Gasteiger partial charge in [0.15, 0.2) is 0 Å². The summed E-state index contributed by atoms with van der Waals surface area (Å²) in [6, 6.07) is 6.40. The van der Waals surface area contributed by atoms with Gasteiger partial charge in [-0.3, -0.25) is 19.7 Å². The zero-order valence-electron chi connectivity index (χ0n) is 14.8. The van der Waals surface area contributed by atoms with Crippen LogP contribution in [0.25, 0.3) is 0 Å². The Morgan fingerprint density at radius 2 is 1.68 bits per heavy atom. The highest BCUT2D eigenvalue weighted by molar-refractivity contribution is 5.87. The molecular weight excluding hydrogens is 324 g/mol. The molecule has 0 spiro atoms. The van der Waals surface area contributed by atoms with Gasteiger partial charge in [0, 0.05) is 49.4 Å². The van der Waals surface area contributed by atoms with E-state index in [-0.39, 0.29) is 24.0 Å². The number of hydrogen-bond donors (Lipinski definition) is 1. The maximum Gasteiger partial charge on any atom is 0.269 e. The van der Waals surface area contributed by atoms with E-state index in [2.05, 4.69) is 10.2 Å². The molecule has 0 aliphatic carbocycles. The molecule has 25 heavy (non-hydrogen) atoms. The maximum absolute atomic E-state index is 12.2. The van der Waals surface area contributed by atoms with Crippen LogP contribution < -0.4 is 10.2 Å². The zero-order chi connectivity index (χ0) is 18.6. The zero-order valence-corrected chi connectivity index (χ0v) is 14.8. The number of non-ortho nitro benzene ring substituents is 1. The van der Waals surface area contributed by atoms with Crippen LogP contribution in [0.15, 0.2) is 24.3 Å². The number of piperazine rings is 1. The van der Waals surface area contributed by atoms with Gasteiger partial charge in [0.05, 0.1) is 11.5 Å². The van der Waals surface area contributed by atoms with Gasteiger partial charge in [-0.25, -0.2) is 0 Å². The maximum atomic E-state index is 12.2. The minimum Gasteiger partial charge on any atom is -0.368 e. The quantitative estimate of drug-likeness (QED) is 0.655. The first-order valence-corrected chi connectivity index (χ1v) is 8.24. The molecule has 1 fully saturated rings. The molecule has 2 amide bonds. The summed E-state index contributed by atoms with van der Waals surface area (Å²) < 4.78 is 0. The van der Waals surface area contributed by atoms with Gasteiger partial charge < -0.3 is 15.1 Å². The van der Waals surface area contributed by atoms with Gasteiger partial charge in [-0.2, -0.15) is 0 Å². The summed E-state index contributed by atoms with van der Waals surface area (Å²) in [5.74, 6) is -0.244. The molecule has 8 heteroatoms. The predicted octanol–water partition coefficient (Wildman–Crippen LogP) is 1.41. The van der Waals surface area contributed by atoms with Crippen molar-refractivity contribution >= 4 is 23.2 Å². The molecule has 1 aliphatic heterocycles. The molecule has 1 saturated heterocycles. The van der Waals surface area contributed by atoms with Gasteiger partial charge in [-0.1, -0.05) is 20.8 Å². The standard InChI is InChI=1S/C17H24N4O4/c1-17(2,3)16(23)18-12-15(22)20-10-8-19(9-11-20)13-4-6-14(7-5-13)21(24)25/h4-7H,8-12H2,1-3H3,(H,18,23). The van der Waals surface area contributed by atoms with E-state index >= 15 is 0 Å². The normalized spacial score (nSPS) is 15.0. The van der Waals surface area contributed by atoms with Crippen molar-refractivity contribution in [3.05, 3.63) is 34.4 Å². The number of nitrogens with zero attached hydrogens (tertiary/aromatic N) is 3. The van der Waals surface area contributed by atoms with E-state index in [0.29, 0.717) is 26.2 Å². The second-order valence-corrected chi connectivity index (χ2v) is 7.07. The molecule has 1 heterocycles. The largest absolute Gasteiger partial charge is 0.368 e. The molecular formula is C17H24N4O4. The number of carbonyl (C=O) groups excluding carboxylic acids is 2. The van der Waals surface area contributed by atoms with Gasteiger partial charge in [-0.15, -0.1) is 0 Å². The summed E-state index contributed by atoms with van der Waals surface area (Å²) in [5, 5.41) is 13.4. The first kappa shape index (κ1) is 18.7. The Hall–Kier alpha value is -2.64. The van der Waals surface area contributed by atoms with Crippen LogP contribution >= 0.6 is 0 Å². The van der Waals surface area contributed by atoms with Crippen molar-refractivity contribution in [1.29, 1.82) is 0 Å². The molecule has 0 saturated carbocycles.